The Kier molecular flexibility index (Phi) is 6.27. The van der Waals surface area contributed by atoms with Crippen molar-refractivity contribution in [3.05, 3.63) is 62.5 Å². The minimum atomic E-state index is 0.243. The Morgan fingerprint density at radius 3 is 2.29 bits per heavy atom. The van der Waals surface area contributed by atoms with Crippen molar-refractivity contribution in [3.8, 4) is 5.75 Å². The summed E-state index contributed by atoms with van der Waals surface area (Å²) in [7, 11) is 0. The van der Waals surface area contributed by atoms with Gasteiger partial charge in [-0.2, -0.15) is 0 Å². The Hall–Kier alpha value is -0.840. The maximum Gasteiger partial charge on any atom is 0.143 e. The fourth-order valence-electron chi connectivity index (χ4n) is 2.32. The van der Waals surface area contributed by atoms with E-state index in [1.165, 1.54) is 5.56 Å². The van der Waals surface area contributed by atoms with E-state index in [2.05, 4.69) is 68.4 Å². The quantitative estimate of drug-likeness (QED) is 0.651. The van der Waals surface area contributed by atoms with E-state index in [-0.39, 0.29) is 5.75 Å². The average Bonchev–Trinajstić information content (AvgIpc) is 2.49. The number of hydrogen-bond donors (Lipinski definition) is 2. The lowest BCUT2D eigenvalue weighted by atomic mass is 10.0. The third-order valence-corrected chi connectivity index (χ3v) is 4.62. The Morgan fingerprint density at radius 1 is 1.10 bits per heavy atom. The molecule has 2 aromatic carbocycles. The molecule has 0 aliphatic carbocycles. The highest BCUT2D eigenvalue weighted by molar-refractivity contribution is 9.11. The molecule has 2 nitrogen and oxygen atoms in total. The van der Waals surface area contributed by atoms with Gasteiger partial charge >= 0.3 is 0 Å². The van der Waals surface area contributed by atoms with Gasteiger partial charge in [0.1, 0.15) is 5.75 Å². The topological polar surface area (TPSA) is 32.3 Å². The summed E-state index contributed by atoms with van der Waals surface area (Å²) in [5.41, 5.74) is 2.44. The lowest BCUT2D eigenvalue weighted by Crippen LogP contribution is -2.20. The first-order valence-corrected chi connectivity index (χ1v) is 8.65. The molecule has 0 fully saturated rings. The van der Waals surface area contributed by atoms with Crippen molar-refractivity contribution >= 4 is 31.9 Å². The average molecular weight is 413 g/mol. The summed E-state index contributed by atoms with van der Waals surface area (Å²) in [6.07, 6.45) is 2.24. The summed E-state index contributed by atoms with van der Waals surface area (Å²) < 4.78 is 1.42. The summed E-state index contributed by atoms with van der Waals surface area (Å²) >= 11 is 6.74. The van der Waals surface area contributed by atoms with Crippen molar-refractivity contribution in [3.63, 3.8) is 0 Å². The van der Waals surface area contributed by atoms with Crippen LogP contribution in [0.2, 0.25) is 0 Å². The van der Waals surface area contributed by atoms with Gasteiger partial charge in [0.15, 0.2) is 0 Å². The van der Waals surface area contributed by atoms with Crippen molar-refractivity contribution in [2.45, 2.75) is 32.4 Å². The van der Waals surface area contributed by atoms with Gasteiger partial charge in [-0.3, -0.25) is 0 Å². The Morgan fingerprint density at radius 2 is 1.71 bits per heavy atom. The van der Waals surface area contributed by atoms with Crippen LogP contribution in [0.5, 0.6) is 5.75 Å². The van der Waals surface area contributed by atoms with Crippen molar-refractivity contribution in [2.24, 2.45) is 0 Å². The summed E-state index contributed by atoms with van der Waals surface area (Å²) in [6, 6.07) is 14.8. The third-order valence-electron chi connectivity index (χ3n) is 3.41. The van der Waals surface area contributed by atoms with Gasteiger partial charge in [-0.15, -0.1) is 0 Å². The fourth-order valence-corrected chi connectivity index (χ4v) is 3.60. The molecule has 4 heteroatoms. The molecule has 0 saturated heterocycles. The molecule has 0 saturated carbocycles. The van der Waals surface area contributed by atoms with Crippen molar-refractivity contribution in [2.75, 3.05) is 0 Å². The maximum atomic E-state index is 9.76. The molecule has 112 valence electrons. The molecule has 21 heavy (non-hydrogen) atoms. The molecule has 2 N–H and O–H groups in total. The van der Waals surface area contributed by atoms with Crippen molar-refractivity contribution in [1.29, 1.82) is 0 Å². The van der Waals surface area contributed by atoms with Crippen LogP contribution in [0.15, 0.2) is 51.4 Å². The number of benzene rings is 2. The normalized spacial score (nSPS) is 12.3. The molecule has 0 spiro atoms. The molecule has 1 atom stereocenters. The largest absolute Gasteiger partial charge is 0.506 e. The van der Waals surface area contributed by atoms with Gasteiger partial charge in [-0.05, 0) is 61.5 Å². The predicted octanol–water partition coefficient (Wildman–Crippen LogP) is 5.55. The van der Waals surface area contributed by atoms with Crippen LogP contribution in [0.4, 0.5) is 0 Å². The van der Waals surface area contributed by atoms with E-state index in [1.807, 2.05) is 18.2 Å². The van der Waals surface area contributed by atoms with Gasteiger partial charge < -0.3 is 10.4 Å². The van der Waals surface area contributed by atoms with Gasteiger partial charge in [0.2, 0.25) is 0 Å². The van der Waals surface area contributed by atoms with Crippen LogP contribution < -0.4 is 5.32 Å². The van der Waals surface area contributed by atoms with E-state index in [1.54, 1.807) is 0 Å². The zero-order valence-electron chi connectivity index (χ0n) is 11.9. The van der Waals surface area contributed by atoms with E-state index < -0.39 is 0 Å². The smallest absolute Gasteiger partial charge is 0.143 e. The van der Waals surface area contributed by atoms with E-state index in [4.69, 9.17) is 0 Å². The molecule has 0 aromatic heterocycles. The minimum absolute atomic E-state index is 0.243. The van der Waals surface area contributed by atoms with Crippen LogP contribution in [0.3, 0.4) is 0 Å². The van der Waals surface area contributed by atoms with Crippen LogP contribution in [0, 0.1) is 0 Å². The number of rotatable bonds is 6. The van der Waals surface area contributed by atoms with Gasteiger partial charge in [-0.25, -0.2) is 0 Å². The molecular formula is C17H19Br2NO. The Bertz CT molecular complexity index is 564. The van der Waals surface area contributed by atoms with Crippen LogP contribution in [0.1, 0.15) is 36.9 Å². The van der Waals surface area contributed by atoms with Crippen molar-refractivity contribution < 1.29 is 5.11 Å². The second kappa shape index (κ2) is 7.97. The highest BCUT2D eigenvalue weighted by Gasteiger charge is 2.11. The number of nitrogens with one attached hydrogen (secondary N) is 1. The summed E-state index contributed by atoms with van der Waals surface area (Å²) in [5, 5.41) is 13.4. The van der Waals surface area contributed by atoms with Gasteiger partial charge in [0.25, 0.3) is 0 Å². The molecule has 2 aromatic rings. The molecule has 2 rings (SSSR count). The van der Waals surface area contributed by atoms with E-state index >= 15 is 0 Å². The standard InChI is InChI=1S/C17H19Br2NO/c1-2-6-16(13-7-4-3-5-8-13)20-11-12-9-14(18)17(21)15(19)10-12/h3-5,7-10,16,20-21H,2,6,11H2,1H3. The lowest BCUT2D eigenvalue weighted by Gasteiger charge is -2.19. The second-order valence-corrected chi connectivity index (χ2v) is 6.75. The predicted molar refractivity (Wildman–Crippen MR) is 94.4 cm³/mol. The summed E-state index contributed by atoms with van der Waals surface area (Å²) in [6.45, 7) is 2.96. The minimum Gasteiger partial charge on any atom is -0.506 e. The second-order valence-electron chi connectivity index (χ2n) is 5.04. The SMILES string of the molecule is CCCC(NCc1cc(Br)c(O)c(Br)c1)c1ccccc1. The van der Waals surface area contributed by atoms with E-state index in [0.717, 1.165) is 24.9 Å². The zero-order valence-corrected chi connectivity index (χ0v) is 15.1. The maximum absolute atomic E-state index is 9.76. The molecular weight excluding hydrogens is 394 g/mol. The molecule has 0 radical (unpaired) electrons. The first kappa shape index (κ1) is 16.5. The fraction of sp³-hybridized carbons (Fsp3) is 0.294. The van der Waals surface area contributed by atoms with Gasteiger partial charge in [-0.1, -0.05) is 43.7 Å². The Balaban J connectivity index is 2.09. The lowest BCUT2D eigenvalue weighted by molar-refractivity contribution is 0.466. The molecule has 0 bridgehead atoms. The summed E-state index contributed by atoms with van der Waals surface area (Å²) in [4.78, 5) is 0. The zero-order chi connectivity index (χ0) is 15.2. The number of hydrogen-bond acceptors (Lipinski definition) is 2. The molecule has 0 aliphatic heterocycles. The number of halogens is 2. The first-order valence-electron chi connectivity index (χ1n) is 7.07. The Labute approximate surface area is 142 Å². The molecule has 1 unspecified atom stereocenters. The monoisotopic (exact) mass is 411 g/mol. The van der Waals surface area contributed by atoms with Crippen LogP contribution in [-0.2, 0) is 6.54 Å². The van der Waals surface area contributed by atoms with Crippen molar-refractivity contribution in [1.82, 2.24) is 5.32 Å². The molecule has 0 amide bonds. The third kappa shape index (κ3) is 4.56. The van der Waals surface area contributed by atoms with E-state index in [0.29, 0.717) is 15.0 Å². The van der Waals surface area contributed by atoms with Crippen LogP contribution in [0.25, 0.3) is 0 Å². The highest BCUT2D eigenvalue weighted by Crippen LogP contribution is 2.33. The summed E-state index contributed by atoms with van der Waals surface area (Å²) in [5.74, 6) is 0.243. The highest BCUT2D eigenvalue weighted by atomic mass is 79.9. The molecule has 0 aliphatic rings. The first-order chi connectivity index (χ1) is 10.1. The van der Waals surface area contributed by atoms with Crippen LogP contribution >= 0.6 is 31.9 Å². The van der Waals surface area contributed by atoms with Gasteiger partial charge in [0.05, 0.1) is 8.95 Å². The number of aromatic hydroxyl groups is 1. The number of phenolic OH excluding ortho intramolecular Hbond substituents is 1. The van der Waals surface area contributed by atoms with E-state index in [9.17, 15) is 5.11 Å². The van der Waals surface area contributed by atoms with Gasteiger partial charge in [0, 0.05) is 12.6 Å². The number of phenols is 1. The molecule has 0 heterocycles. The van der Waals surface area contributed by atoms with Crippen LogP contribution in [-0.4, -0.2) is 5.11 Å².